The fraction of sp³-hybridized carbons (Fsp3) is 0.462. The van der Waals surface area contributed by atoms with Crippen LogP contribution < -0.4 is 0 Å². The average Bonchev–Trinajstić information content (AvgIpc) is 2.34. The smallest absolute Gasteiger partial charge is 0.338 e. The standard InChI is InChI=1S/C13H16O4/c1-9-11(7-8-12(14)16-9)17-13(15)10-5-3-2-4-6-10/h2-6,9,11-12,14H,7-8H2,1H3/t9-,11+,12-/m1/s1. The molecule has 0 unspecified atom stereocenters. The molecule has 0 radical (unpaired) electrons. The summed E-state index contributed by atoms with van der Waals surface area (Å²) in [6.07, 6.45) is -0.174. The van der Waals surface area contributed by atoms with Crippen molar-refractivity contribution < 1.29 is 19.4 Å². The number of rotatable bonds is 2. The molecule has 2 rings (SSSR count). The van der Waals surface area contributed by atoms with Gasteiger partial charge in [0.25, 0.3) is 0 Å². The van der Waals surface area contributed by atoms with Crippen molar-refractivity contribution in [3.05, 3.63) is 35.9 Å². The first-order chi connectivity index (χ1) is 8.16. The molecule has 0 saturated carbocycles. The van der Waals surface area contributed by atoms with Crippen LogP contribution in [0.3, 0.4) is 0 Å². The van der Waals surface area contributed by atoms with Crippen LogP contribution >= 0.6 is 0 Å². The first-order valence-corrected chi connectivity index (χ1v) is 5.76. The fourth-order valence-electron chi connectivity index (χ4n) is 1.88. The van der Waals surface area contributed by atoms with Crippen LogP contribution in [0.25, 0.3) is 0 Å². The lowest BCUT2D eigenvalue weighted by Gasteiger charge is -2.31. The molecular formula is C13H16O4. The molecule has 1 aliphatic rings. The third kappa shape index (κ3) is 3.05. The highest BCUT2D eigenvalue weighted by Crippen LogP contribution is 2.21. The van der Waals surface area contributed by atoms with Crippen LogP contribution in [0.4, 0.5) is 0 Å². The molecule has 0 amide bonds. The molecule has 1 aliphatic heterocycles. The summed E-state index contributed by atoms with van der Waals surface area (Å²) < 4.78 is 10.6. The van der Waals surface area contributed by atoms with Crippen LogP contribution in [0, 0.1) is 0 Å². The Morgan fingerprint density at radius 3 is 2.71 bits per heavy atom. The highest BCUT2D eigenvalue weighted by molar-refractivity contribution is 5.89. The minimum absolute atomic E-state index is 0.272. The molecule has 0 bridgehead atoms. The van der Waals surface area contributed by atoms with Gasteiger partial charge in [-0.15, -0.1) is 0 Å². The minimum atomic E-state index is -0.739. The molecular weight excluding hydrogens is 220 g/mol. The number of ether oxygens (including phenoxy) is 2. The Balaban J connectivity index is 1.95. The number of aliphatic hydroxyl groups excluding tert-OH is 1. The summed E-state index contributed by atoms with van der Waals surface area (Å²) >= 11 is 0. The predicted molar refractivity (Wildman–Crippen MR) is 61.4 cm³/mol. The molecule has 1 heterocycles. The van der Waals surface area contributed by atoms with Crippen molar-refractivity contribution >= 4 is 5.97 Å². The number of benzene rings is 1. The number of esters is 1. The average molecular weight is 236 g/mol. The second-order valence-electron chi connectivity index (χ2n) is 4.18. The van der Waals surface area contributed by atoms with Gasteiger partial charge in [-0.05, 0) is 25.5 Å². The molecule has 1 aromatic carbocycles. The van der Waals surface area contributed by atoms with Crippen molar-refractivity contribution in [3.63, 3.8) is 0 Å². The van der Waals surface area contributed by atoms with E-state index in [2.05, 4.69) is 0 Å². The van der Waals surface area contributed by atoms with E-state index in [0.717, 1.165) is 0 Å². The summed E-state index contributed by atoms with van der Waals surface area (Å²) in [6, 6.07) is 8.86. The van der Waals surface area contributed by atoms with Crippen molar-refractivity contribution in [2.24, 2.45) is 0 Å². The van der Waals surface area contributed by atoms with E-state index in [1.165, 1.54) is 0 Å². The van der Waals surface area contributed by atoms with E-state index < -0.39 is 6.29 Å². The van der Waals surface area contributed by atoms with Crippen LogP contribution in [0.15, 0.2) is 30.3 Å². The SMILES string of the molecule is C[C@H]1O[C@@H](O)CC[C@@H]1OC(=O)c1ccccc1. The quantitative estimate of drug-likeness (QED) is 0.794. The van der Waals surface area contributed by atoms with Crippen molar-refractivity contribution in [1.29, 1.82) is 0 Å². The molecule has 1 fully saturated rings. The molecule has 1 N–H and O–H groups in total. The highest BCUT2D eigenvalue weighted by atomic mass is 16.6. The zero-order valence-electron chi connectivity index (χ0n) is 9.70. The van der Waals surface area contributed by atoms with Gasteiger partial charge in [0.1, 0.15) is 6.10 Å². The van der Waals surface area contributed by atoms with E-state index in [-0.39, 0.29) is 18.2 Å². The monoisotopic (exact) mass is 236 g/mol. The largest absolute Gasteiger partial charge is 0.456 e. The van der Waals surface area contributed by atoms with Crippen LogP contribution in [0.5, 0.6) is 0 Å². The molecule has 17 heavy (non-hydrogen) atoms. The van der Waals surface area contributed by atoms with Gasteiger partial charge in [0.15, 0.2) is 6.29 Å². The Morgan fingerprint density at radius 1 is 1.35 bits per heavy atom. The summed E-state index contributed by atoms with van der Waals surface area (Å²) in [5.74, 6) is -0.345. The van der Waals surface area contributed by atoms with Gasteiger partial charge in [-0.1, -0.05) is 18.2 Å². The van der Waals surface area contributed by atoms with Gasteiger partial charge in [0, 0.05) is 6.42 Å². The third-order valence-corrected chi connectivity index (χ3v) is 2.86. The first kappa shape index (κ1) is 12.1. The Hall–Kier alpha value is -1.39. The van der Waals surface area contributed by atoms with Gasteiger partial charge < -0.3 is 14.6 Å². The van der Waals surface area contributed by atoms with Crippen LogP contribution in [0.1, 0.15) is 30.1 Å². The molecule has 0 aliphatic carbocycles. The Labute approximate surface area is 100 Å². The Morgan fingerprint density at radius 2 is 2.06 bits per heavy atom. The topological polar surface area (TPSA) is 55.8 Å². The maximum Gasteiger partial charge on any atom is 0.338 e. The van der Waals surface area contributed by atoms with Crippen molar-refractivity contribution in [1.82, 2.24) is 0 Å². The lowest BCUT2D eigenvalue weighted by Crippen LogP contribution is -2.39. The Kier molecular flexibility index (Phi) is 3.76. The number of hydrogen-bond donors (Lipinski definition) is 1. The van der Waals surface area contributed by atoms with E-state index in [9.17, 15) is 9.90 Å². The lowest BCUT2D eigenvalue weighted by atomic mass is 10.1. The van der Waals surface area contributed by atoms with Gasteiger partial charge in [0.2, 0.25) is 0 Å². The summed E-state index contributed by atoms with van der Waals surface area (Å²) in [5, 5.41) is 9.29. The summed E-state index contributed by atoms with van der Waals surface area (Å²) in [4.78, 5) is 11.8. The molecule has 1 saturated heterocycles. The number of aliphatic hydroxyl groups is 1. The van der Waals surface area contributed by atoms with Crippen LogP contribution in [-0.4, -0.2) is 29.6 Å². The molecule has 4 heteroatoms. The lowest BCUT2D eigenvalue weighted by molar-refractivity contribution is -0.193. The Bertz CT molecular complexity index is 376. The van der Waals surface area contributed by atoms with Crippen molar-refractivity contribution in [2.45, 2.75) is 38.3 Å². The van der Waals surface area contributed by atoms with Gasteiger partial charge in [-0.25, -0.2) is 4.79 Å². The van der Waals surface area contributed by atoms with Gasteiger partial charge in [-0.2, -0.15) is 0 Å². The zero-order valence-corrected chi connectivity index (χ0v) is 9.70. The van der Waals surface area contributed by atoms with E-state index in [1.54, 1.807) is 31.2 Å². The number of carbonyl (C=O) groups excluding carboxylic acids is 1. The summed E-state index contributed by atoms with van der Waals surface area (Å²) in [5.41, 5.74) is 0.533. The van der Waals surface area contributed by atoms with Crippen molar-refractivity contribution in [3.8, 4) is 0 Å². The maximum absolute atomic E-state index is 11.8. The van der Waals surface area contributed by atoms with E-state index in [0.29, 0.717) is 18.4 Å². The van der Waals surface area contributed by atoms with Crippen LogP contribution in [0.2, 0.25) is 0 Å². The molecule has 92 valence electrons. The minimum Gasteiger partial charge on any atom is -0.456 e. The van der Waals surface area contributed by atoms with E-state index >= 15 is 0 Å². The van der Waals surface area contributed by atoms with E-state index in [1.807, 2.05) is 6.07 Å². The van der Waals surface area contributed by atoms with Gasteiger partial charge in [0.05, 0.1) is 11.7 Å². The number of carbonyl (C=O) groups is 1. The second-order valence-corrected chi connectivity index (χ2v) is 4.18. The molecule has 4 nitrogen and oxygen atoms in total. The normalized spacial score (nSPS) is 28.7. The second kappa shape index (κ2) is 5.29. The first-order valence-electron chi connectivity index (χ1n) is 5.76. The van der Waals surface area contributed by atoms with Crippen molar-refractivity contribution in [2.75, 3.05) is 0 Å². The predicted octanol–water partition coefficient (Wildman–Crippen LogP) is 1.73. The molecule has 0 spiro atoms. The molecule has 0 aromatic heterocycles. The summed E-state index contributed by atoms with van der Waals surface area (Å²) in [7, 11) is 0. The van der Waals surface area contributed by atoms with Crippen LogP contribution in [-0.2, 0) is 9.47 Å². The highest BCUT2D eigenvalue weighted by Gasteiger charge is 2.30. The summed E-state index contributed by atoms with van der Waals surface area (Å²) in [6.45, 7) is 1.80. The maximum atomic E-state index is 11.8. The fourth-order valence-corrected chi connectivity index (χ4v) is 1.88. The third-order valence-electron chi connectivity index (χ3n) is 2.86. The molecule has 1 aromatic rings. The van der Waals surface area contributed by atoms with Gasteiger partial charge >= 0.3 is 5.97 Å². The van der Waals surface area contributed by atoms with E-state index in [4.69, 9.17) is 9.47 Å². The zero-order chi connectivity index (χ0) is 12.3. The van der Waals surface area contributed by atoms with Gasteiger partial charge in [-0.3, -0.25) is 0 Å². The molecule has 3 atom stereocenters. The number of hydrogen-bond acceptors (Lipinski definition) is 4.